The zero-order valence-corrected chi connectivity index (χ0v) is 64.8. The third-order valence-electron chi connectivity index (χ3n) is 17.5. The number of allylic oxidation sites excluding steroid dienone is 4. The van der Waals surface area contributed by atoms with E-state index in [0.29, 0.717) is 25.7 Å². The first kappa shape index (κ1) is 94.5. The Morgan fingerprint density at radius 2 is 0.557 bits per heavy atom. The smallest absolute Gasteiger partial charge is 0.462 e. The number of carbonyl (C=O) groups excluding carboxylic acids is 4. The molecule has 0 aliphatic heterocycles. The second kappa shape index (κ2) is 68.0. The number of aliphatic hydroxyl groups is 1. The van der Waals surface area contributed by atoms with Crippen molar-refractivity contribution in [2.45, 2.75) is 394 Å². The highest BCUT2D eigenvalue weighted by atomic mass is 31.2. The van der Waals surface area contributed by atoms with Crippen LogP contribution in [0.3, 0.4) is 0 Å². The van der Waals surface area contributed by atoms with Crippen LogP contribution in [-0.2, 0) is 65.4 Å². The van der Waals surface area contributed by atoms with Gasteiger partial charge in [0.1, 0.15) is 19.3 Å². The van der Waals surface area contributed by atoms with Crippen LogP contribution in [0, 0.1) is 17.8 Å². The van der Waals surface area contributed by atoms with Gasteiger partial charge in [0.25, 0.3) is 0 Å². The summed E-state index contributed by atoms with van der Waals surface area (Å²) in [4.78, 5) is 72.9. The molecule has 0 saturated heterocycles. The van der Waals surface area contributed by atoms with Crippen LogP contribution < -0.4 is 0 Å². The van der Waals surface area contributed by atoms with E-state index in [4.69, 9.17) is 37.0 Å². The Balaban J connectivity index is 5.29. The average molecular weight is 1420 g/mol. The molecular weight excluding hydrogens is 1270 g/mol. The molecule has 572 valence electrons. The lowest BCUT2D eigenvalue weighted by Gasteiger charge is -2.21. The van der Waals surface area contributed by atoms with Crippen LogP contribution in [0.5, 0.6) is 0 Å². The highest BCUT2D eigenvalue weighted by molar-refractivity contribution is 7.47. The molecule has 3 N–H and O–H groups in total. The van der Waals surface area contributed by atoms with E-state index in [1.807, 2.05) is 0 Å². The third kappa shape index (κ3) is 71.7. The van der Waals surface area contributed by atoms with Crippen molar-refractivity contribution in [2.75, 3.05) is 39.6 Å². The van der Waals surface area contributed by atoms with Crippen molar-refractivity contribution in [3.8, 4) is 0 Å². The molecule has 0 heterocycles. The van der Waals surface area contributed by atoms with Crippen LogP contribution in [0.25, 0.3) is 0 Å². The average Bonchev–Trinajstić information content (AvgIpc) is 3.13. The fraction of sp³-hybridized carbons (Fsp3) is 0.897. The molecule has 0 spiro atoms. The number of ether oxygens (including phenoxy) is 4. The van der Waals surface area contributed by atoms with Crippen molar-refractivity contribution in [3.63, 3.8) is 0 Å². The molecule has 0 aromatic heterocycles. The first-order valence-electron chi connectivity index (χ1n) is 39.7. The highest BCUT2D eigenvalue weighted by Gasteiger charge is 2.30. The molecule has 19 heteroatoms. The minimum atomic E-state index is -4.97. The van der Waals surface area contributed by atoms with E-state index in [9.17, 15) is 43.2 Å². The Hall–Kier alpha value is -2.46. The maximum absolute atomic E-state index is 13.1. The molecular formula is C78H148O17P2. The number of phosphoric acid groups is 2. The van der Waals surface area contributed by atoms with Crippen molar-refractivity contribution in [1.82, 2.24) is 0 Å². The van der Waals surface area contributed by atoms with E-state index in [-0.39, 0.29) is 25.7 Å². The van der Waals surface area contributed by atoms with Crippen molar-refractivity contribution in [2.24, 2.45) is 17.8 Å². The van der Waals surface area contributed by atoms with Crippen molar-refractivity contribution >= 4 is 39.5 Å². The van der Waals surface area contributed by atoms with E-state index >= 15 is 0 Å². The third-order valence-corrected chi connectivity index (χ3v) is 19.4. The number of unbranched alkanes of at least 4 members (excludes halogenated alkanes) is 39. The van der Waals surface area contributed by atoms with E-state index < -0.39 is 97.5 Å². The lowest BCUT2D eigenvalue weighted by Crippen LogP contribution is -2.30. The molecule has 0 rings (SSSR count). The molecule has 0 amide bonds. The maximum Gasteiger partial charge on any atom is 0.472 e. The lowest BCUT2D eigenvalue weighted by molar-refractivity contribution is -0.161. The second-order valence-corrected chi connectivity index (χ2v) is 31.7. The first-order chi connectivity index (χ1) is 46.7. The summed E-state index contributed by atoms with van der Waals surface area (Å²) in [6.07, 6.45) is 57.7. The van der Waals surface area contributed by atoms with E-state index in [0.717, 1.165) is 127 Å². The zero-order valence-electron chi connectivity index (χ0n) is 63.0. The Kier molecular flexibility index (Phi) is 66.3. The molecule has 0 aliphatic rings. The summed E-state index contributed by atoms with van der Waals surface area (Å²) < 4.78 is 68.6. The molecule has 17 nitrogen and oxygen atoms in total. The zero-order chi connectivity index (χ0) is 71.6. The molecule has 0 bridgehead atoms. The Labute approximate surface area is 592 Å². The topological polar surface area (TPSA) is 237 Å². The maximum atomic E-state index is 13.1. The summed E-state index contributed by atoms with van der Waals surface area (Å²) in [7, 11) is -9.93. The van der Waals surface area contributed by atoms with Gasteiger partial charge >= 0.3 is 39.5 Å². The molecule has 0 aliphatic carbocycles. The molecule has 0 fully saturated rings. The summed E-state index contributed by atoms with van der Waals surface area (Å²) in [5.74, 6) is 0.132. The van der Waals surface area contributed by atoms with Crippen LogP contribution in [-0.4, -0.2) is 96.7 Å². The van der Waals surface area contributed by atoms with Crippen LogP contribution in [0.1, 0.15) is 376 Å². The fourth-order valence-corrected chi connectivity index (χ4v) is 13.0. The summed E-state index contributed by atoms with van der Waals surface area (Å²) >= 11 is 0. The second-order valence-electron chi connectivity index (χ2n) is 28.8. The van der Waals surface area contributed by atoms with Crippen LogP contribution in [0.2, 0.25) is 0 Å². The quantitative estimate of drug-likeness (QED) is 0.0169. The number of carbonyl (C=O) groups is 4. The predicted molar refractivity (Wildman–Crippen MR) is 395 cm³/mol. The van der Waals surface area contributed by atoms with Gasteiger partial charge in [-0.2, -0.15) is 0 Å². The van der Waals surface area contributed by atoms with Gasteiger partial charge in [0.05, 0.1) is 26.4 Å². The minimum Gasteiger partial charge on any atom is -0.462 e. The molecule has 0 aromatic carbocycles. The summed E-state index contributed by atoms with van der Waals surface area (Å²) in [6.45, 7) is 11.8. The number of hydrogen-bond acceptors (Lipinski definition) is 15. The highest BCUT2D eigenvalue weighted by Crippen LogP contribution is 2.45. The minimum absolute atomic E-state index is 0.100. The molecule has 0 saturated carbocycles. The Morgan fingerprint density at radius 1 is 0.320 bits per heavy atom. The summed E-state index contributed by atoms with van der Waals surface area (Å²) in [6, 6.07) is 0. The fourth-order valence-electron chi connectivity index (χ4n) is 11.4. The number of esters is 4. The normalized spacial score (nSPS) is 14.2. The largest absolute Gasteiger partial charge is 0.472 e. The van der Waals surface area contributed by atoms with Gasteiger partial charge in [-0.05, 0) is 69.1 Å². The van der Waals surface area contributed by atoms with Gasteiger partial charge in [0.2, 0.25) is 0 Å². The standard InChI is InChI=1S/C78H148O17P2/c1-8-9-10-11-12-13-14-15-17-21-24-31-38-45-52-59-75(80)88-65-73(94-77(82)61-54-47-40-32-25-22-19-16-18-20-23-28-35-42-49-56-69(2)3)67-92-96(84,85)90-63-72(79)64-91-97(86,87)93-68-74(95-78(83)62-55-48-41-34-27-30-37-44-51-58-71(6)7)66-89-76(81)60-53-46-39-33-26-29-36-43-50-57-70(4)5/h13-15,17,69-74,79H,8-12,16,18-68H2,1-7H3,(H,84,85)(H,86,87)/b14-13-,17-15-/t72-,73-,74-/m1/s1. The monoisotopic (exact) mass is 1420 g/mol. The van der Waals surface area contributed by atoms with Gasteiger partial charge in [0.15, 0.2) is 12.2 Å². The number of hydrogen-bond donors (Lipinski definition) is 3. The molecule has 0 aromatic rings. The van der Waals surface area contributed by atoms with Gasteiger partial charge in [-0.3, -0.25) is 37.3 Å². The van der Waals surface area contributed by atoms with Crippen molar-refractivity contribution in [1.29, 1.82) is 0 Å². The Bertz CT molecular complexity index is 1980. The number of aliphatic hydroxyl groups excluding tert-OH is 1. The molecule has 5 atom stereocenters. The predicted octanol–water partition coefficient (Wildman–Crippen LogP) is 22.5. The number of phosphoric ester groups is 2. The van der Waals surface area contributed by atoms with Crippen LogP contribution in [0.15, 0.2) is 24.3 Å². The number of rotatable bonds is 74. The SMILES string of the molecule is CCCCCC/C=C\C=C/CCCCCCCC(=O)OC[C@H](COP(=O)(O)OC[C@@H](O)COP(=O)(O)OC[C@@H](COC(=O)CCCCCCCCCCCC(C)C)OC(=O)CCCCCCCCCCCC(C)C)OC(=O)CCCCCCCCCCCCCCCCCC(C)C. The van der Waals surface area contributed by atoms with E-state index in [2.05, 4.69) is 72.8 Å². The molecule has 2 unspecified atom stereocenters. The summed E-state index contributed by atoms with van der Waals surface area (Å²) in [5, 5.41) is 10.6. The molecule has 0 radical (unpaired) electrons. The Morgan fingerprint density at radius 3 is 0.835 bits per heavy atom. The summed E-state index contributed by atoms with van der Waals surface area (Å²) in [5.41, 5.74) is 0. The van der Waals surface area contributed by atoms with Gasteiger partial charge in [-0.15, -0.1) is 0 Å². The van der Waals surface area contributed by atoms with Gasteiger partial charge in [0, 0.05) is 25.7 Å². The van der Waals surface area contributed by atoms with Gasteiger partial charge in [-0.1, -0.05) is 323 Å². The van der Waals surface area contributed by atoms with E-state index in [1.54, 1.807) is 0 Å². The van der Waals surface area contributed by atoms with Crippen molar-refractivity contribution < 1.29 is 80.2 Å². The lowest BCUT2D eigenvalue weighted by atomic mass is 10.0. The van der Waals surface area contributed by atoms with Crippen LogP contribution in [0.4, 0.5) is 0 Å². The van der Waals surface area contributed by atoms with Crippen molar-refractivity contribution in [3.05, 3.63) is 24.3 Å². The van der Waals surface area contributed by atoms with Gasteiger partial charge in [-0.25, -0.2) is 9.13 Å². The van der Waals surface area contributed by atoms with E-state index in [1.165, 1.54) is 167 Å². The first-order valence-corrected chi connectivity index (χ1v) is 42.7. The molecule has 97 heavy (non-hydrogen) atoms. The van der Waals surface area contributed by atoms with Crippen LogP contribution >= 0.6 is 15.6 Å². The van der Waals surface area contributed by atoms with Gasteiger partial charge < -0.3 is 33.8 Å².